The molecule has 1 aliphatic rings. The lowest BCUT2D eigenvalue weighted by atomic mass is 9.90. The van der Waals surface area contributed by atoms with Crippen LogP contribution < -0.4 is 4.90 Å². The van der Waals surface area contributed by atoms with E-state index in [9.17, 15) is 0 Å². The van der Waals surface area contributed by atoms with Gasteiger partial charge in [-0.15, -0.1) is 0 Å². The van der Waals surface area contributed by atoms with Gasteiger partial charge in [0.05, 0.1) is 0 Å². The van der Waals surface area contributed by atoms with Crippen molar-refractivity contribution in [2.45, 2.75) is 19.3 Å². The topological polar surface area (TPSA) is 53.1 Å². The summed E-state index contributed by atoms with van der Waals surface area (Å²) in [7, 11) is 0. The van der Waals surface area contributed by atoms with E-state index in [1.807, 2.05) is 0 Å². The van der Waals surface area contributed by atoms with Gasteiger partial charge in [0.1, 0.15) is 6.07 Å². The molecule has 1 aromatic carbocycles. The SMILES string of the molecule is N#Cc1ncoc1N1CCC(Cc2ccccc2)CC1. The molecule has 3 rings (SSSR count). The summed E-state index contributed by atoms with van der Waals surface area (Å²) in [5.74, 6) is 1.34. The summed E-state index contributed by atoms with van der Waals surface area (Å²) in [5, 5.41) is 8.99. The largest absolute Gasteiger partial charge is 0.426 e. The molecule has 0 saturated carbocycles. The van der Waals surface area contributed by atoms with E-state index in [-0.39, 0.29) is 0 Å². The van der Waals surface area contributed by atoms with Crippen LogP contribution in [0, 0.1) is 17.2 Å². The van der Waals surface area contributed by atoms with Crippen molar-refractivity contribution in [2.75, 3.05) is 18.0 Å². The highest BCUT2D eigenvalue weighted by atomic mass is 16.4. The van der Waals surface area contributed by atoms with Gasteiger partial charge in [-0.05, 0) is 30.7 Å². The van der Waals surface area contributed by atoms with Gasteiger partial charge in [0.25, 0.3) is 0 Å². The first-order chi connectivity index (χ1) is 9.86. The second-order valence-electron chi connectivity index (χ2n) is 5.24. The molecule has 4 heteroatoms. The predicted molar refractivity (Wildman–Crippen MR) is 76.3 cm³/mol. The van der Waals surface area contributed by atoms with E-state index >= 15 is 0 Å². The fraction of sp³-hybridized carbons (Fsp3) is 0.375. The molecule has 2 aromatic rings. The van der Waals surface area contributed by atoms with Crippen molar-refractivity contribution >= 4 is 5.88 Å². The number of hydrogen-bond acceptors (Lipinski definition) is 4. The molecule has 0 N–H and O–H groups in total. The summed E-state index contributed by atoms with van der Waals surface area (Å²) in [4.78, 5) is 6.06. The van der Waals surface area contributed by atoms with Gasteiger partial charge in [0, 0.05) is 13.1 Å². The van der Waals surface area contributed by atoms with Gasteiger partial charge in [-0.3, -0.25) is 0 Å². The van der Waals surface area contributed by atoms with Crippen molar-refractivity contribution < 1.29 is 4.42 Å². The first kappa shape index (κ1) is 12.7. The fourth-order valence-electron chi connectivity index (χ4n) is 2.83. The van der Waals surface area contributed by atoms with Crippen LogP contribution in [0.2, 0.25) is 0 Å². The summed E-state index contributed by atoms with van der Waals surface area (Å²) in [6.45, 7) is 1.86. The van der Waals surface area contributed by atoms with Crippen molar-refractivity contribution in [1.29, 1.82) is 5.26 Å². The molecule has 0 radical (unpaired) electrons. The maximum absolute atomic E-state index is 8.99. The number of rotatable bonds is 3. The number of oxazole rings is 1. The van der Waals surface area contributed by atoms with Gasteiger partial charge in [-0.1, -0.05) is 30.3 Å². The maximum atomic E-state index is 8.99. The van der Waals surface area contributed by atoms with Gasteiger partial charge >= 0.3 is 0 Å². The van der Waals surface area contributed by atoms with E-state index in [4.69, 9.17) is 9.68 Å². The Hall–Kier alpha value is -2.28. The first-order valence-corrected chi connectivity index (χ1v) is 6.99. The molecule has 0 unspecified atom stereocenters. The molecule has 0 aliphatic carbocycles. The molecule has 102 valence electrons. The third-order valence-corrected chi connectivity index (χ3v) is 3.92. The van der Waals surface area contributed by atoms with Crippen molar-refractivity contribution in [1.82, 2.24) is 4.98 Å². The Morgan fingerprint density at radius 2 is 2.00 bits per heavy atom. The monoisotopic (exact) mass is 267 g/mol. The molecule has 0 atom stereocenters. The Kier molecular flexibility index (Phi) is 3.69. The molecule has 1 aromatic heterocycles. The number of nitriles is 1. The van der Waals surface area contributed by atoms with Crippen molar-refractivity contribution in [3.63, 3.8) is 0 Å². The van der Waals surface area contributed by atoms with E-state index < -0.39 is 0 Å². The summed E-state index contributed by atoms with van der Waals surface area (Å²) >= 11 is 0. The van der Waals surface area contributed by atoms with E-state index in [1.54, 1.807) is 0 Å². The molecule has 0 spiro atoms. The smallest absolute Gasteiger partial charge is 0.234 e. The fourth-order valence-corrected chi connectivity index (χ4v) is 2.83. The van der Waals surface area contributed by atoms with E-state index in [0.717, 1.165) is 32.4 Å². The molecular formula is C16H17N3O. The standard InChI is InChI=1S/C16H17N3O/c17-11-15-16(20-12-18-15)19-8-6-14(7-9-19)10-13-4-2-1-3-5-13/h1-5,12,14H,6-10H2. The number of nitrogens with zero attached hydrogens (tertiary/aromatic N) is 3. The van der Waals surface area contributed by atoms with E-state index in [0.29, 0.717) is 17.5 Å². The Labute approximate surface area is 118 Å². The van der Waals surface area contributed by atoms with Crippen LogP contribution in [0.15, 0.2) is 41.1 Å². The average molecular weight is 267 g/mol. The van der Waals surface area contributed by atoms with Crippen molar-refractivity contribution in [3.8, 4) is 6.07 Å². The summed E-state index contributed by atoms with van der Waals surface area (Å²) in [5.41, 5.74) is 1.80. The lowest BCUT2D eigenvalue weighted by Crippen LogP contribution is -2.34. The highest BCUT2D eigenvalue weighted by Crippen LogP contribution is 2.27. The summed E-state index contributed by atoms with van der Waals surface area (Å²) < 4.78 is 5.34. The highest BCUT2D eigenvalue weighted by Gasteiger charge is 2.23. The van der Waals surface area contributed by atoms with Crippen molar-refractivity contribution in [2.24, 2.45) is 5.92 Å². The Balaban J connectivity index is 1.59. The normalized spacial score (nSPS) is 16.1. The zero-order valence-corrected chi connectivity index (χ0v) is 11.3. The van der Waals surface area contributed by atoms with Crippen LogP contribution in [0.25, 0.3) is 0 Å². The third kappa shape index (κ3) is 2.67. The molecule has 2 heterocycles. The average Bonchev–Trinajstić information content (AvgIpc) is 2.98. The van der Waals surface area contributed by atoms with Crippen molar-refractivity contribution in [3.05, 3.63) is 48.0 Å². The third-order valence-electron chi connectivity index (χ3n) is 3.92. The second kappa shape index (κ2) is 5.79. The first-order valence-electron chi connectivity index (χ1n) is 6.99. The Morgan fingerprint density at radius 3 is 2.70 bits per heavy atom. The van der Waals surface area contributed by atoms with Crippen LogP contribution in [-0.2, 0) is 6.42 Å². The molecule has 1 aliphatic heterocycles. The molecule has 1 fully saturated rings. The molecule has 4 nitrogen and oxygen atoms in total. The van der Waals surface area contributed by atoms with Crippen LogP contribution in [0.3, 0.4) is 0 Å². The van der Waals surface area contributed by atoms with Crippen LogP contribution in [0.4, 0.5) is 5.88 Å². The minimum absolute atomic E-state index is 0.395. The second-order valence-corrected chi connectivity index (χ2v) is 5.24. The summed E-state index contributed by atoms with van der Waals surface area (Å²) in [6.07, 6.45) is 4.74. The van der Waals surface area contributed by atoms with Crippen LogP contribution in [0.5, 0.6) is 0 Å². The maximum Gasteiger partial charge on any atom is 0.234 e. The van der Waals surface area contributed by atoms with Crippen LogP contribution in [0.1, 0.15) is 24.1 Å². The molecule has 20 heavy (non-hydrogen) atoms. The quantitative estimate of drug-likeness (QED) is 0.857. The lowest BCUT2D eigenvalue weighted by Gasteiger charge is -2.31. The van der Waals surface area contributed by atoms with Gasteiger partial charge in [0.15, 0.2) is 6.39 Å². The van der Waals surface area contributed by atoms with E-state index in [2.05, 4.69) is 46.3 Å². The van der Waals surface area contributed by atoms with Gasteiger partial charge in [-0.2, -0.15) is 5.26 Å². The van der Waals surface area contributed by atoms with E-state index in [1.165, 1.54) is 12.0 Å². The zero-order chi connectivity index (χ0) is 13.8. The Bertz CT molecular complexity index is 592. The molecule has 0 amide bonds. The van der Waals surface area contributed by atoms with Crippen LogP contribution in [-0.4, -0.2) is 18.1 Å². The minimum Gasteiger partial charge on any atom is -0.426 e. The number of benzene rings is 1. The molecular weight excluding hydrogens is 250 g/mol. The molecule has 1 saturated heterocycles. The van der Waals surface area contributed by atoms with Gasteiger partial charge < -0.3 is 9.32 Å². The van der Waals surface area contributed by atoms with Gasteiger partial charge in [0.2, 0.25) is 11.6 Å². The minimum atomic E-state index is 0.395. The number of hydrogen-bond donors (Lipinski definition) is 0. The number of piperidine rings is 1. The Morgan fingerprint density at radius 1 is 1.25 bits per heavy atom. The van der Waals surface area contributed by atoms with Gasteiger partial charge in [-0.25, -0.2) is 4.98 Å². The lowest BCUT2D eigenvalue weighted by molar-refractivity contribution is 0.388. The predicted octanol–water partition coefficient (Wildman–Crippen LogP) is 3.01. The number of anilines is 1. The highest BCUT2D eigenvalue weighted by molar-refractivity contribution is 5.47. The zero-order valence-electron chi connectivity index (χ0n) is 11.3. The molecule has 0 bridgehead atoms. The summed E-state index contributed by atoms with van der Waals surface area (Å²) in [6, 6.07) is 12.7. The van der Waals surface area contributed by atoms with Crippen LogP contribution >= 0.6 is 0 Å². The number of aromatic nitrogens is 1.